The fourth-order valence-electron chi connectivity index (χ4n) is 4.16. The Labute approximate surface area is 201 Å². The van der Waals surface area contributed by atoms with Gasteiger partial charge in [-0.15, -0.1) is 0 Å². The summed E-state index contributed by atoms with van der Waals surface area (Å²) in [7, 11) is 0. The third-order valence-corrected chi connectivity index (χ3v) is 5.56. The van der Waals surface area contributed by atoms with Gasteiger partial charge in [0.15, 0.2) is 24.5 Å². The summed E-state index contributed by atoms with van der Waals surface area (Å²) < 4.78 is 41.5. The molecule has 3 heterocycles. The number of hydrogen-bond donors (Lipinski definition) is 4. The van der Waals surface area contributed by atoms with Crippen molar-refractivity contribution in [1.82, 2.24) is 9.55 Å². The Morgan fingerprint density at radius 3 is 2.17 bits per heavy atom. The maximum Gasteiger partial charge on any atom is 0.330 e. The highest BCUT2D eigenvalue weighted by Gasteiger charge is 2.59. The molecule has 36 heavy (non-hydrogen) atoms. The monoisotopic (exact) mass is 520 g/mol. The van der Waals surface area contributed by atoms with E-state index in [2.05, 4.69) is 0 Å². The van der Waals surface area contributed by atoms with Gasteiger partial charge in [-0.05, 0) is 0 Å². The molecule has 200 valence electrons. The highest BCUT2D eigenvalue weighted by Crippen LogP contribution is 2.39. The number of aromatic amines is 1. The van der Waals surface area contributed by atoms with Crippen molar-refractivity contribution in [2.45, 2.75) is 75.8 Å². The van der Waals surface area contributed by atoms with E-state index in [1.165, 1.54) is 0 Å². The molecule has 1 aromatic heterocycles. The minimum Gasteiger partial charge on any atom is -0.457 e. The largest absolute Gasteiger partial charge is 0.457 e. The zero-order valence-electron chi connectivity index (χ0n) is 19.2. The molecule has 0 radical (unpaired) electrons. The van der Waals surface area contributed by atoms with Gasteiger partial charge in [-0.25, -0.2) is 4.79 Å². The molecule has 16 heteroatoms. The molecule has 2 aliphatic heterocycles. The van der Waals surface area contributed by atoms with Crippen LogP contribution >= 0.6 is 0 Å². The van der Waals surface area contributed by atoms with E-state index in [0.717, 1.165) is 20.8 Å². The van der Waals surface area contributed by atoms with Gasteiger partial charge in [0.25, 0.3) is 5.56 Å². The van der Waals surface area contributed by atoms with Crippen LogP contribution in [-0.4, -0.2) is 98.2 Å². The smallest absolute Gasteiger partial charge is 0.330 e. The van der Waals surface area contributed by atoms with Crippen LogP contribution in [0.15, 0.2) is 15.8 Å². The van der Waals surface area contributed by atoms with Crippen molar-refractivity contribution in [3.8, 4) is 0 Å². The van der Waals surface area contributed by atoms with Crippen LogP contribution in [0.4, 0.5) is 4.39 Å². The zero-order valence-corrected chi connectivity index (χ0v) is 19.2. The Morgan fingerprint density at radius 2 is 1.64 bits per heavy atom. The normalized spacial score (nSPS) is 32.6. The Morgan fingerprint density at radius 1 is 1.03 bits per heavy atom. The predicted octanol–water partition coefficient (Wildman–Crippen LogP) is -3.15. The summed E-state index contributed by atoms with van der Waals surface area (Å²) in [4.78, 5) is 61.3. The highest BCUT2D eigenvalue weighted by molar-refractivity contribution is 5.68. The SMILES string of the molecule is CC(=O)OC(C1O[C@H](CO)[C@@H](O)[C@@H]1O)[C@H]1O[C@@H](n2cc(F)c(=O)[nH]c2=O)[C@H](OC(C)=O)[C@@H]1OC(C)=O. The van der Waals surface area contributed by atoms with Gasteiger partial charge in [-0.1, -0.05) is 0 Å². The van der Waals surface area contributed by atoms with Gasteiger partial charge in [0.1, 0.15) is 30.5 Å². The number of aromatic nitrogens is 2. The molecule has 0 spiro atoms. The first kappa shape index (κ1) is 27.4. The van der Waals surface area contributed by atoms with Crippen LogP contribution in [-0.2, 0) is 38.1 Å². The summed E-state index contributed by atoms with van der Waals surface area (Å²) in [6.45, 7) is 2.26. The van der Waals surface area contributed by atoms with Crippen LogP contribution in [0.5, 0.6) is 0 Å². The van der Waals surface area contributed by atoms with Crippen molar-refractivity contribution in [3.63, 3.8) is 0 Å². The summed E-state index contributed by atoms with van der Waals surface area (Å²) >= 11 is 0. The molecule has 15 nitrogen and oxygen atoms in total. The number of aliphatic hydroxyl groups is 3. The zero-order chi connectivity index (χ0) is 26.9. The molecule has 0 saturated carbocycles. The van der Waals surface area contributed by atoms with Gasteiger partial charge in [0.05, 0.1) is 12.8 Å². The summed E-state index contributed by atoms with van der Waals surface area (Å²) in [6, 6.07) is 0. The third kappa shape index (κ3) is 5.46. The first-order valence-electron chi connectivity index (χ1n) is 10.7. The summed E-state index contributed by atoms with van der Waals surface area (Å²) in [6.07, 6.45) is -14.0. The molecule has 2 fully saturated rings. The topological polar surface area (TPSA) is 213 Å². The lowest BCUT2D eigenvalue weighted by molar-refractivity contribution is -0.189. The molecule has 0 aromatic carbocycles. The molecular weight excluding hydrogens is 495 g/mol. The molecule has 2 unspecified atom stereocenters. The molecule has 0 bridgehead atoms. The Kier molecular flexibility index (Phi) is 8.25. The fraction of sp³-hybridized carbons (Fsp3) is 0.650. The van der Waals surface area contributed by atoms with Gasteiger partial charge in [-0.2, -0.15) is 4.39 Å². The van der Waals surface area contributed by atoms with Gasteiger partial charge in [0, 0.05) is 20.8 Å². The van der Waals surface area contributed by atoms with Crippen molar-refractivity contribution in [3.05, 3.63) is 32.9 Å². The van der Waals surface area contributed by atoms with Gasteiger partial charge in [-0.3, -0.25) is 28.7 Å². The van der Waals surface area contributed by atoms with E-state index in [1.807, 2.05) is 0 Å². The van der Waals surface area contributed by atoms with E-state index in [-0.39, 0.29) is 0 Å². The lowest BCUT2D eigenvalue weighted by atomic mass is 9.96. The molecule has 2 saturated heterocycles. The van der Waals surface area contributed by atoms with E-state index in [0.29, 0.717) is 10.8 Å². The van der Waals surface area contributed by atoms with Crippen LogP contribution in [0.25, 0.3) is 0 Å². The second-order valence-corrected chi connectivity index (χ2v) is 8.16. The van der Waals surface area contributed by atoms with E-state index in [4.69, 9.17) is 23.7 Å². The first-order chi connectivity index (χ1) is 16.8. The number of nitrogens with one attached hydrogen (secondary N) is 1. The maximum absolute atomic E-state index is 14.0. The maximum atomic E-state index is 14.0. The van der Waals surface area contributed by atoms with Crippen LogP contribution in [0.3, 0.4) is 0 Å². The van der Waals surface area contributed by atoms with Gasteiger partial charge >= 0.3 is 23.6 Å². The number of rotatable bonds is 7. The summed E-state index contributed by atoms with van der Waals surface area (Å²) in [5, 5.41) is 30.1. The molecule has 3 rings (SSSR count). The lowest BCUT2D eigenvalue weighted by Gasteiger charge is -2.32. The van der Waals surface area contributed by atoms with Crippen molar-refractivity contribution >= 4 is 17.9 Å². The van der Waals surface area contributed by atoms with Crippen LogP contribution < -0.4 is 11.2 Å². The number of nitrogens with zero attached hydrogens (tertiary/aromatic N) is 1. The van der Waals surface area contributed by atoms with Crippen LogP contribution in [0.2, 0.25) is 0 Å². The van der Waals surface area contributed by atoms with Crippen molar-refractivity contribution in [2.75, 3.05) is 6.61 Å². The molecule has 9 atom stereocenters. The Bertz CT molecular complexity index is 1120. The third-order valence-electron chi connectivity index (χ3n) is 5.56. The Hall–Kier alpha value is -3.18. The van der Waals surface area contributed by atoms with E-state index < -0.39 is 96.6 Å². The predicted molar refractivity (Wildman–Crippen MR) is 110 cm³/mol. The number of esters is 3. The highest BCUT2D eigenvalue weighted by atomic mass is 19.1. The molecule has 0 aliphatic carbocycles. The quantitative estimate of drug-likeness (QED) is 0.207. The standard InChI is InChI=1S/C20H25FN2O13/c1-6(25)32-14(13-12(29)11(28)10(5-24)35-13)15-16(33-7(2)26)17(34-8(3)27)19(36-15)23-4-9(21)18(30)22-20(23)31/h4,10-17,19,24,28-29H,5H2,1-3H3,(H,22,30,31)/t10-,11-,12+,13?,14?,15-,16-,17-,19-/m1/s1. The van der Waals surface area contributed by atoms with E-state index in [9.17, 15) is 43.7 Å². The molecule has 4 N–H and O–H groups in total. The second-order valence-electron chi connectivity index (χ2n) is 8.16. The minimum absolute atomic E-state index is 0.475. The Balaban J connectivity index is 2.13. The second kappa shape index (κ2) is 10.8. The summed E-state index contributed by atoms with van der Waals surface area (Å²) in [5.41, 5.74) is -2.52. The number of H-pyrrole nitrogens is 1. The number of hydrogen-bond acceptors (Lipinski definition) is 13. The lowest BCUT2D eigenvalue weighted by Crippen LogP contribution is -2.52. The van der Waals surface area contributed by atoms with E-state index >= 15 is 0 Å². The average molecular weight is 520 g/mol. The number of aliphatic hydroxyl groups excluding tert-OH is 3. The van der Waals surface area contributed by atoms with Gasteiger partial charge in [0.2, 0.25) is 5.82 Å². The van der Waals surface area contributed by atoms with Crippen molar-refractivity contribution in [2.24, 2.45) is 0 Å². The molecule has 1 aromatic rings. The average Bonchev–Trinajstić information content (AvgIpc) is 3.25. The number of carbonyl (C=O) groups excluding carboxylic acids is 3. The van der Waals surface area contributed by atoms with Crippen LogP contribution in [0.1, 0.15) is 27.0 Å². The first-order valence-corrected chi connectivity index (χ1v) is 10.7. The molecule has 2 aliphatic rings. The number of halogens is 1. The number of ether oxygens (including phenoxy) is 5. The number of carbonyl (C=O) groups is 3. The summed E-state index contributed by atoms with van der Waals surface area (Å²) in [5.74, 6) is -4.18. The minimum atomic E-state index is -1.73. The van der Waals surface area contributed by atoms with E-state index in [1.54, 1.807) is 4.98 Å². The molecular formula is C20H25FN2O13. The fourth-order valence-corrected chi connectivity index (χ4v) is 4.16. The molecule has 0 amide bonds. The van der Waals surface area contributed by atoms with Crippen LogP contribution in [0, 0.1) is 5.82 Å². The van der Waals surface area contributed by atoms with Crippen molar-refractivity contribution in [1.29, 1.82) is 0 Å². The van der Waals surface area contributed by atoms with Gasteiger partial charge < -0.3 is 39.0 Å². The van der Waals surface area contributed by atoms with Crippen molar-refractivity contribution < 1.29 is 57.8 Å².